The van der Waals surface area contributed by atoms with Crippen molar-refractivity contribution < 1.29 is 9.31 Å². The Kier molecular flexibility index (Phi) is 3.63. The van der Waals surface area contributed by atoms with Crippen LogP contribution < -0.4 is 5.32 Å². The van der Waals surface area contributed by atoms with Gasteiger partial charge in [-0.3, -0.25) is 10.1 Å². The van der Waals surface area contributed by atoms with Crippen LogP contribution in [0, 0.1) is 10.1 Å². The predicted octanol–water partition coefficient (Wildman–Crippen LogP) is 4.10. The third-order valence-corrected chi connectivity index (χ3v) is 3.99. The SMILES string of the molecule is O=[N+]([O-])c1c(Cl)nc2ccccc2c1N[C@@H]1CC[C@H](F)C1. The molecule has 1 saturated carbocycles. The van der Waals surface area contributed by atoms with Crippen molar-refractivity contribution in [2.45, 2.75) is 31.5 Å². The molecular formula is C14H13ClFN3O2. The van der Waals surface area contributed by atoms with E-state index in [0.29, 0.717) is 35.9 Å². The average molecular weight is 310 g/mol. The van der Waals surface area contributed by atoms with Gasteiger partial charge in [-0.25, -0.2) is 9.37 Å². The van der Waals surface area contributed by atoms with Crippen molar-refractivity contribution in [3.8, 4) is 0 Å². The molecule has 1 aliphatic rings. The molecule has 3 rings (SSSR count). The van der Waals surface area contributed by atoms with E-state index in [1.165, 1.54) is 0 Å². The van der Waals surface area contributed by atoms with Crippen molar-refractivity contribution in [1.82, 2.24) is 4.98 Å². The quantitative estimate of drug-likeness (QED) is 0.526. The minimum atomic E-state index is -0.856. The van der Waals surface area contributed by atoms with Crippen molar-refractivity contribution in [1.29, 1.82) is 0 Å². The number of nitrogens with one attached hydrogen (secondary N) is 1. The Labute approximate surface area is 125 Å². The normalized spacial score (nSPS) is 21.6. The van der Waals surface area contributed by atoms with Crippen molar-refractivity contribution >= 4 is 33.9 Å². The van der Waals surface area contributed by atoms with Gasteiger partial charge < -0.3 is 5.32 Å². The minimum absolute atomic E-state index is 0.124. The number of fused-ring (bicyclic) bond motifs is 1. The number of nitro groups is 1. The van der Waals surface area contributed by atoms with Crippen LogP contribution in [0.3, 0.4) is 0 Å². The van der Waals surface area contributed by atoms with Crippen LogP contribution in [-0.2, 0) is 0 Å². The number of hydrogen-bond acceptors (Lipinski definition) is 4. The highest BCUT2D eigenvalue weighted by atomic mass is 35.5. The van der Waals surface area contributed by atoms with Crippen LogP contribution in [0.25, 0.3) is 10.9 Å². The molecule has 5 nitrogen and oxygen atoms in total. The van der Waals surface area contributed by atoms with Gasteiger partial charge in [0.15, 0.2) is 0 Å². The Morgan fingerprint density at radius 3 is 2.81 bits per heavy atom. The van der Waals surface area contributed by atoms with Gasteiger partial charge in [0.25, 0.3) is 0 Å². The molecule has 2 aromatic rings. The molecule has 0 unspecified atom stereocenters. The lowest BCUT2D eigenvalue weighted by atomic mass is 10.1. The molecule has 0 radical (unpaired) electrons. The molecule has 0 saturated heterocycles. The van der Waals surface area contributed by atoms with E-state index in [9.17, 15) is 14.5 Å². The Morgan fingerprint density at radius 1 is 1.38 bits per heavy atom. The summed E-state index contributed by atoms with van der Waals surface area (Å²) in [4.78, 5) is 14.8. The number of para-hydroxylation sites is 1. The zero-order valence-corrected chi connectivity index (χ0v) is 11.8. The number of anilines is 1. The van der Waals surface area contributed by atoms with Gasteiger partial charge in [-0.2, -0.15) is 0 Å². The number of benzene rings is 1. The maximum atomic E-state index is 13.3. The number of halogens is 2. The molecule has 110 valence electrons. The highest BCUT2D eigenvalue weighted by Crippen LogP contribution is 2.39. The summed E-state index contributed by atoms with van der Waals surface area (Å²) in [7, 11) is 0. The van der Waals surface area contributed by atoms with Crippen LogP contribution in [0.2, 0.25) is 5.15 Å². The van der Waals surface area contributed by atoms with Gasteiger partial charge >= 0.3 is 5.69 Å². The molecular weight excluding hydrogens is 297 g/mol. The van der Waals surface area contributed by atoms with E-state index in [1.807, 2.05) is 0 Å². The number of hydrogen-bond donors (Lipinski definition) is 1. The van der Waals surface area contributed by atoms with Gasteiger partial charge in [-0.15, -0.1) is 0 Å². The predicted molar refractivity (Wildman–Crippen MR) is 79.6 cm³/mol. The fourth-order valence-electron chi connectivity index (χ4n) is 2.75. The number of pyridine rings is 1. The summed E-state index contributed by atoms with van der Waals surface area (Å²) in [5.74, 6) is 0. The van der Waals surface area contributed by atoms with Gasteiger partial charge in [0.05, 0.1) is 10.4 Å². The van der Waals surface area contributed by atoms with Crippen LogP contribution in [-0.4, -0.2) is 22.1 Å². The van der Waals surface area contributed by atoms with Gasteiger partial charge in [-0.05, 0) is 25.3 Å². The standard InChI is InChI=1S/C14H13ClFN3O2/c15-14-13(19(20)21)12(17-9-6-5-8(16)7-9)10-3-1-2-4-11(10)18-14/h1-4,8-9H,5-7H2,(H,17,18)/t8-,9+/m0/s1. The van der Waals surface area contributed by atoms with Crippen molar-refractivity contribution in [3.05, 3.63) is 39.5 Å². The molecule has 1 fully saturated rings. The molecule has 0 aliphatic heterocycles. The van der Waals surface area contributed by atoms with E-state index in [-0.39, 0.29) is 16.9 Å². The first-order valence-corrected chi connectivity index (χ1v) is 7.07. The number of alkyl halides is 1. The van der Waals surface area contributed by atoms with E-state index < -0.39 is 11.1 Å². The second-order valence-corrected chi connectivity index (χ2v) is 5.51. The molecule has 2 atom stereocenters. The third kappa shape index (κ3) is 2.63. The second-order valence-electron chi connectivity index (χ2n) is 5.15. The Balaban J connectivity index is 2.12. The van der Waals surface area contributed by atoms with Crippen molar-refractivity contribution in [2.24, 2.45) is 0 Å². The Morgan fingerprint density at radius 2 is 2.14 bits per heavy atom. The lowest BCUT2D eigenvalue weighted by molar-refractivity contribution is -0.384. The first-order valence-electron chi connectivity index (χ1n) is 6.69. The maximum Gasteiger partial charge on any atom is 0.329 e. The van der Waals surface area contributed by atoms with E-state index in [4.69, 9.17) is 11.6 Å². The monoisotopic (exact) mass is 309 g/mol. The topological polar surface area (TPSA) is 68.1 Å². The highest BCUT2D eigenvalue weighted by Gasteiger charge is 2.29. The van der Waals surface area contributed by atoms with Crippen LogP contribution in [0.4, 0.5) is 15.8 Å². The number of nitrogens with zero attached hydrogens (tertiary/aromatic N) is 2. The average Bonchev–Trinajstić information content (AvgIpc) is 2.83. The molecule has 1 aliphatic carbocycles. The zero-order chi connectivity index (χ0) is 15.0. The lowest BCUT2D eigenvalue weighted by Crippen LogP contribution is -2.17. The van der Waals surface area contributed by atoms with Gasteiger partial charge in [0.2, 0.25) is 5.15 Å². The molecule has 0 amide bonds. The summed E-state index contributed by atoms with van der Waals surface area (Å²) in [5, 5.41) is 14.9. The van der Waals surface area contributed by atoms with Crippen LogP contribution in [0.15, 0.2) is 24.3 Å². The molecule has 21 heavy (non-hydrogen) atoms. The molecule has 1 aromatic heterocycles. The van der Waals surface area contributed by atoms with Gasteiger partial charge in [-0.1, -0.05) is 29.8 Å². The molecule has 0 bridgehead atoms. The number of aromatic nitrogens is 1. The maximum absolute atomic E-state index is 13.3. The summed E-state index contributed by atoms with van der Waals surface area (Å²) >= 11 is 5.95. The van der Waals surface area contributed by atoms with E-state index in [2.05, 4.69) is 10.3 Å². The van der Waals surface area contributed by atoms with Crippen LogP contribution in [0.5, 0.6) is 0 Å². The molecule has 1 aromatic carbocycles. The van der Waals surface area contributed by atoms with Gasteiger partial charge in [0.1, 0.15) is 11.9 Å². The fourth-order valence-corrected chi connectivity index (χ4v) is 3.00. The summed E-state index contributed by atoms with van der Waals surface area (Å²) < 4.78 is 13.3. The van der Waals surface area contributed by atoms with Crippen molar-refractivity contribution in [3.63, 3.8) is 0 Å². The summed E-state index contributed by atoms with van der Waals surface area (Å²) in [6.07, 6.45) is 0.616. The van der Waals surface area contributed by atoms with Crippen molar-refractivity contribution in [2.75, 3.05) is 5.32 Å². The van der Waals surface area contributed by atoms with E-state index in [0.717, 1.165) is 0 Å². The zero-order valence-electron chi connectivity index (χ0n) is 11.1. The fraction of sp³-hybridized carbons (Fsp3) is 0.357. The smallest absolute Gasteiger partial charge is 0.329 e. The third-order valence-electron chi connectivity index (χ3n) is 3.72. The van der Waals surface area contributed by atoms with E-state index in [1.54, 1.807) is 24.3 Å². The molecule has 1 heterocycles. The van der Waals surface area contributed by atoms with E-state index >= 15 is 0 Å². The first-order chi connectivity index (χ1) is 10.1. The summed E-state index contributed by atoms with van der Waals surface area (Å²) in [5.41, 5.74) is 0.651. The Bertz CT molecular complexity index is 710. The molecule has 1 N–H and O–H groups in total. The minimum Gasteiger partial charge on any atom is -0.376 e. The summed E-state index contributed by atoms with van der Waals surface area (Å²) in [6.45, 7) is 0. The molecule has 0 spiro atoms. The second kappa shape index (κ2) is 5.44. The Hall–Kier alpha value is -1.95. The molecule has 7 heteroatoms. The van der Waals surface area contributed by atoms with Gasteiger partial charge in [0, 0.05) is 11.4 Å². The summed E-state index contributed by atoms with van der Waals surface area (Å²) in [6, 6.07) is 6.92. The van der Waals surface area contributed by atoms with Crippen LogP contribution in [0.1, 0.15) is 19.3 Å². The highest BCUT2D eigenvalue weighted by molar-refractivity contribution is 6.33. The number of rotatable bonds is 3. The largest absolute Gasteiger partial charge is 0.376 e. The van der Waals surface area contributed by atoms with Crippen LogP contribution >= 0.6 is 11.6 Å². The lowest BCUT2D eigenvalue weighted by Gasteiger charge is -2.16. The first kappa shape index (κ1) is 14.0.